The predicted molar refractivity (Wildman–Crippen MR) is 56.7 cm³/mol. The SMILES string of the molecule is CC(CCCN)NS(=O)(=O)c1ccn[nH]1. The Hall–Kier alpha value is -0.920. The smallest absolute Gasteiger partial charge is 0.257 e. The van der Waals surface area contributed by atoms with Gasteiger partial charge in [-0.1, -0.05) is 0 Å². The Morgan fingerprint density at radius 1 is 1.67 bits per heavy atom. The molecular weight excluding hydrogens is 216 g/mol. The van der Waals surface area contributed by atoms with E-state index < -0.39 is 10.0 Å². The van der Waals surface area contributed by atoms with Crippen molar-refractivity contribution in [1.29, 1.82) is 0 Å². The molecule has 6 nitrogen and oxygen atoms in total. The maximum Gasteiger partial charge on any atom is 0.257 e. The zero-order valence-electron chi connectivity index (χ0n) is 8.60. The van der Waals surface area contributed by atoms with Gasteiger partial charge in [0.15, 0.2) is 5.03 Å². The van der Waals surface area contributed by atoms with Crippen molar-refractivity contribution in [1.82, 2.24) is 14.9 Å². The van der Waals surface area contributed by atoms with Crippen LogP contribution >= 0.6 is 0 Å². The number of rotatable bonds is 6. The second-order valence-corrected chi connectivity index (χ2v) is 5.06. The predicted octanol–water partition coefficient (Wildman–Crippen LogP) is -0.185. The third kappa shape index (κ3) is 3.61. The number of H-pyrrole nitrogens is 1. The summed E-state index contributed by atoms with van der Waals surface area (Å²) in [4.78, 5) is 0. The van der Waals surface area contributed by atoms with Gasteiger partial charge in [0.25, 0.3) is 10.0 Å². The third-order valence-electron chi connectivity index (χ3n) is 1.96. The van der Waals surface area contributed by atoms with E-state index in [1.54, 1.807) is 0 Å². The van der Waals surface area contributed by atoms with Gasteiger partial charge < -0.3 is 5.73 Å². The highest BCUT2D eigenvalue weighted by Crippen LogP contribution is 2.05. The van der Waals surface area contributed by atoms with Crippen LogP contribution < -0.4 is 10.5 Å². The van der Waals surface area contributed by atoms with Gasteiger partial charge in [-0.15, -0.1) is 0 Å². The van der Waals surface area contributed by atoms with E-state index in [1.165, 1.54) is 12.3 Å². The van der Waals surface area contributed by atoms with Crippen LogP contribution in [-0.4, -0.2) is 31.2 Å². The summed E-state index contributed by atoms with van der Waals surface area (Å²) in [6.45, 7) is 2.37. The first-order chi connectivity index (χ1) is 7.06. The summed E-state index contributed by atoms with van der Waals surface area (Å²) in [5, 5.41) is 6.09. The highest BCUT2D eigenvalue weighted by Gasteiger charge is 2.17. The summed E-state index contributed by atoms with van der Waals surface area (Å²) in [6, 6.07) is 1.29. The molecule has 1 aromatic rings. The lowest BCUT2D eigenvalue weighted by atomic mass is 10.2. The first kappa shape index (κ1) is 12.2. The van der Waals surface area contributed by atoms with Crippen molar-refractivity contribution in [3.63, 3.8) is 0 Å². The van der Waals surface area contributed by atoms with Crippen LogP contribution in [0.15, 0.2) is 17.3 Å². The molecule has 0 aliphatic heterocycles. The Labute approximate surface area is 89.3 Å². The van der Waals surface area contributed by atoms with Gasteiger partial charge in [-0.05, 0) is 32.4 Å². The first-order valence-corrected chi connectivity index (χ1v) is 6.26. The van der Waals surface area contributed by atoms with Crippen LogP contribution in [0.1, 0.15) is 19.8 Å². The van der Waals surface area contributed by atoms with Gasteiger partial charge in [-0.3, -0.25) is 5.10 Å². The summed E-state index contributed by atoms with van der Waals surface area (Å²) in [6.07, 6.45) is 2.93. The Morgan fingerprint density at radius 3 is 2.93 bits per heavy atom. The average Bonchev–Trinajstić information content (AvgIpc) is 2.67. The highest BCUT2D eigenvalue weighted by molar-refractivity contribution is 7.89. The van der Waals surface area contributed by atoms with Crippen molar-refractivity contribution in [2.45, 2.75) is 30.8 Å². The molecule has 0 radical (unpaired) electrons. The van der Waals surface area contributed by atoms with Crippen molar-refractivity contribution in [3.8, 4) is 0 Å². The maximum atomic E-state index is 11.7. The molecule has 0 amide bonds. The largest absolute Gasteiger partial charge is 0.330 e. The van der Waals surface area contributed by atoms with Crippen LogP contribution in [0, 0.1) is 0 Å². The molecule has 0 saturated heterocycles. The summed E-state index contributed by atoms with van der Waals surface area (Å²) in [5.41, 5.74) is 5.34. The van der Waals surface area contributed by atoms with Gasteiger partial charge in [-0.2, -0.15) is 5.10 Å². The molecule has 15 heavy (non-hydrogen) atoms. The van der Waals surface area contributed by atoms with Gasteiger partial charge in [-0.25, -0.2) is 13.1 Å². The maximum absolute atomic E-state index is 11.7. The fraction of sp³-hybridized carbons (Fsp3) is 0.625. The summed E-state index contributed by atoms with van der Waals surface area (Å²) in [7, 11) is -3.46. The average molecular weight is 232 g/mol. The molecule has 0 aliphatic carbocycles. The number of aromatic nitrogens is 2. The minimum absolute atomic E-state index is 0.0853. The number of aromatic amines is 1. The quantitative estimate of drug-likeness (QED) is 0.633. The molecule has 7 heteroatoms. The third-order valence-corrected chi connectivity index (χ3v) is 3.48. The lowest BCUT2D eigenvalue weighted by molar-refractivity contribution is 0.536. The van der Waals surface area contributed by atoms with Crippen LogP contribution in [0.3, 0.4) is 0 Å². The van der Waals surface area contributed by atoms with Crippen molar-refractivity contribution in [3.05, 3.63) is 12.3 Å². The zero-order chi connectivity index (χ0) is 11.3. The number of hydrogen-bond acceptors (Lipinski definition) is 4. The van der Waals surface area contributed by atoms with Crippen LogP contribution in [0.5, 0.6) is 0 Å². The van der Waals surface area contributed by atoms with Crippen molar-refractivity contribution < 1.29 is 8.42 Å². The minimum Gasteiger partial charge on any atom is -0.330 e. The fourth-order valence-corrected chi connectivity index (χ4v) is 2.39. The van der Waals surface area contributed by atoms with Crippen LogP contribution in [0.4, 0.5) is 0 Å². The summed E-state index contributed by atoms with van der Waals surface area (Å²) in [5.74, 6) is 0. The van der Waals surface area contributed by atoms with Gasteiger partial charge >= 0.3 is 0 Å². The van der Waals surface area contributed by atoms with E-state index in [1.807, 2.05) is 6.92 Å². The van der Waals surface area contributed by atoms with E-state index >= 15 is 0 Å². The number of nitrogens with two attached hydrogens (primary N) is 1. The molecule has 0 saturated carbocycles. The van der Waals surface area contributed by atoms with Gasteiger partial charge in [0.1, 0.15) is 0 Å². The van der Waals surface area contributed by atoms with Gasteiger partial charge in [0.05, 0.1) is 6.20 Å². The molecule has 0 fully saturated rings. The lowest BCUT2D eigenvalue weighted by Crippen LogP contribution is -2.33. The molecule has 0 spiro atoms. The van der Waals surface area contributed by atoms with E-state index in [0.717, 1.165) is 12.8 Å². The molecule has 1 unspecified atom stereocenters. The van der Waals surface area contributed by atoms with E-state index in [9.17, 15) is 8.42 Å². The molecule has 4 N–H and O–H groups in total. The van der Waals surface area contributed by atoms with Gasteiger partial charge in [0.2, 0.25) is 0 Å². The second kappa shape index (κ2) is 5.24. The van der Waals surface area contributed by atoms with Gasteiger partial charge in [0, 0.05) is 6.04 Å². The molecular formula is C8H16N4O2S. The zero-order valence-corrected chi connectivity index (χ0v) is 9.42. The van der Waals surface area contributed by atoms with E-state index in [2.05, 4.69) is 14.9 Å². The molecule has 1 heterocycles. The highest BCUT2D eigenvalue weighted by atomic mass is 32.2. The van der Waals surface area contributed by atoms with E-state index in [4.69, 9.17) is 5.73 Å². The normalized spacial score (nSPS) is 14.0. The topological polar surface area (TPSA) is 101 Å². The second-order valence-electron chi connectivity index (χ2n) is 3.37. The fourth-order valence-electron chi connectivity index (χ4n) is 1.20. The Kier molecular flexibility index (Phi) is 4.25. The monoisotopic (exact) mass is 232 g/mol. The number of nitrogens with one attached hydrogen (secondary N) is 2. The molecule has 1 aromatic heterocycles. The van der Waals surface area contributed by atoms with E-state index in [0.29, 0.717) is 6.54 Å². The van der Waals surface area contributed by atoms with E-state index in [-0.39, 0.29) is 11.1 Å². The summed E-state index contributed by atoms with van der Waals surface area (Å²) >= 11 is 0. The number of hydrogen-bond donors (Lipinski definition) is 3. The standard InChI is InChI=1S/C8H16N4O2S/c1-7(3-2-5-9)12-15(13,14)8-4-6-10-11-8/h4,6-7,12H,2-3,5,9H2,1H3,(H,10,11). The molecule has 0 aromatic carbocycles. The molecule has 86 valence electrons. The minimum atomic E-state index is -3.46. The molecule has 0 aliphatic rings. The van der Waals surface area contributed by atoms with Crippen LogP contribution in [0.25, 0.3) is 0 Å². The summed E-state index contributed by atoms with van der Waals surface area (Å²) < 4.78 is 25.8. The lowest BCUT2D eigenvalue weighted by Gasteiger charge is -2.12. The Morgan fingerprint density at radius 2 is 2.40 bits per heavy atom. The van der Waals surface area contributed by atoms with Crippen LogP contribution in [-0.2, 0) is 10.0 Å². The Balaban J connectivity index is 2.57. The van der Waals surface area contributed by atoms with Crippen molar-refractivity contribution >= 4 is 10.0 Å². The number of sulfonamides is 1. The molecule has 0 bridgehead atoms. The van der Waals surface area contributed by atoms with Crippen molar-refractivity contribution in [2.75, 3.05) is 6.54 Å². The molecule has 1 rings (SSSR count). The van der Waals surface area contributed by atoms with Crippen molar-refractivity contribution in [2.24, 2.45) is 5.73 Å². The Bertz CT molecular complexity index is 373. The van der Waals surface area contributed by atoms with Crippen LogP contribution in [0.2, 0.25) is 0 Å². The first-order valence-electron chi connectivity index (χ1n) is 4.78. The molecule has 1 atom stereocenters. The number of nitrogens with zero attached hydrogens (tertiary/aromatic N) is 1.